The number of hydrogen-bond acceptors (Lipinski definition) is 4. The van der Waals surface area contributed by atoms with Crippen LogP contribution in [0.15, 0.2) is 42.6 Å². The molecule has 0 radical (unpaired) electrons. The number of carbonyl (C=O) groups excluding carboxylic acids is 1. The number of hydrogen-bond donors (Lipinski definition) is 1. The maximum Gasteiger partial charge on any atom is 0.274 e. The molecule has 4 rings (SSSR count). The molecule has 2 aromatic heterocycles. The van der Waals surface area contributed by atoms with E-state index in [1.807, 2.05) is 48.7 Å². The van der Waals surface area contributed by atoms with Crippen molar-refractivity contribution in [3.63, 3.8) is 0 Å². The molecule has 1 aliphatic rings. The van der Waals surface area contributed by atoms with Gasteiger partial charge < -0.3 is 15.1 Å². The van der Waals surface area contributed by atoms with Gasteiger partial charge in [-0.25, -0.2) is 4.98 Å². The van der Waals surface area contributed by atoms with Crippen molar-refractivity contribution in [2.75, 3.05) is 43.4 Å². The molecule has 0 unspecified atom stereocenters. The number of anilines is 2. The van der Waals surface area contributed by atoms with Crippen LogP contribution < -0.4 is 10.2 Å². The number of aryl methyl sites for hydroxylation is 2. The van der Waals surface area contributed by atoms with Crippen molar-refractivity contribution < 1.29 is 4.79 Å². The zero-order chi connectivity index (χ0) is 19.0. The number of aromatic nitrogens is 2. The Bertz CT molecular complexity index is 968. The number of imidazole rings is 1. The first kappa shape index (κ1) is 17.5. The highest BCUT2D eigenvalue weighted by molar-refractivity contribution is 6.04. The van der Waals surface area contributed by atoms with Crippen molar-refractivity contribution in [1.29, 1.82) is 0 Å². The fourth-order valence-electron chi connectivity index (χ4n) is 3.60. The van der Waals surface area contributed by atoms with Gasteiger partial charge in [-0.1, -0.05) is 6.07 Å². The Balaban J connectivity index is 1.52. The van der Waals surface area contributed by atoms with Gasteiger partial charge in [0, 0.05) is 43.8 Å². The van der Waals surface area contributed by atoms with Crippen LogP contribution in [0.3, 0.4) is 0 Å². The number of benzene rings is 1. The van der Waals surface area contributed by atoms with E-state index in [0.717, 1.165) is 48.8 Å². The van der Waals surface area contributed by atoms with E-state index in [4.69, 9.17) is 0 Å². The predicted molar refractivity (Wildman–Crippen MR) is 109 cm³/mol. The Labute approximate surface area is 159 Å². The number of carbonyl (C=O) groups is 1. The maximum absolute atomic E-state index is 12.9. The minimum Gasteiger partial charge on any atom is -0.369 e. The largest absolute Gasteiger partial charge is 0.369 e. The summed E-state index contributed by atoms with van der Waals surface area (Å²) in [6.07, 6.45) is 1.88. The highest BCUT2D eigenvalue weighted by atomic mass is 16.2. The van der Waals surface area contributed by atoms with E-state index >= 15 is 0 Å². The van der Waals surface area contributed by atoms with Gasteiger partial charge >= 0.3 is 0 Å². The summed E-state index contributed by atoms with van der Waals surface area (Å²) in [5, 5.41) is 3.01. The van der Waals surface area contributed by atoms with E-state index in [-0.39, 0.29) is 5.91 Å². The van der Waals surface area contributed by atoms with Crippen molar-refractivity contribution in [3.05, 3.63) is 59.5 Å². The monoisotopic (exact) mass is 363 g/mol. The van der Waals surface area contributed by atoms with Gasteiger partial charge in [-0.2, -0.15) is 0 Å². The zero-order valence-electron chi connectivity index (χ0n) is 16.1. The second-order valence-corrected chi connectivity index (χ2v) is 7.22. The summed E-state index contributed by atoms with van der Waals surface area (Å²) in [6.45, 7) is 8.08. The highest BCUT2D eigenvalue weighted by Gasteiger charge is 2.18. The van der Waals surface area contributed by atoms with Gasteiger partial charge in [0.15, 0.2) is 0 Å². The van der Waals surface area contributed by atoms with Gasteiger partial charge in [-0.05, 0) is 56.8 Å². The van der Waals surface area contributed by atoms with Crippen LogP contribution in [0, 0.1) is 13.8 Å². The predicted octanol–water partition coefficient (Wildman–Crippen LogP) is 2.96. The first-order chi connectivity index (χ1) is 13.0. The van der Waals surface area contributed by atoms with E-state index in [1.165, 1.54) is 5.69 Å². The second kappa shape index (κ2) is 7.04. The topological polar surface area (TPSA) is 52.9 Å². The van der Waals surface area contributed by atoms with E-state index in [0.29, 0.717) is 5.69 Å². The molecule has 1 fully saturated rings. The number of piperazine rings is 1. The quantitative estimate of drug-likeness (QED) is 0.777. The van der Waals surface area contributed by atoms with Gasteiger partial charge in [0.1, 0.15) is 11.3 Å². The normalized spacial score (nSPS) is 15.3. The molecule has 1 saturated heterocycles. The molecule has 140 valence electrons. The molecule has 6 heteroatoms. The molecule has 1 aliphatic heterocycles. The van der Waals surface area contributed by atoms with Crippen molar-refractivity contribution in [3.8, 4) is 0 Å². The second-order valence-electron chi connectivity index (χ2n) is 7.22. The minimum atomic E-state index is -0.141. The number of rotatable bonds is 3. The number of pyridine rings is 1. The molecule has 1 N–H and O–H groups in total. The third-order valence-electron chi connectivity index (χ3n) is 5.23. The average molecular weight is 363 g/mol. The zero-order valence-corrected chi connectivity index (χ0v) is 16.1. The van der Waals surface area contributed by atoms with Crippen LogP contribution in [0.2, 0.25) is 0 Å². The van der Waals surface area contributed by atoms with Crippen molar-refractivity contribution >= 4 is 22.9 Å². The minimum absolute atomic E-state index is 0.141. The number of nitrogens with zero attached hydrogens (tertiary/aromatic N) is 4. The lowest BCUT2D eigenvalue weighted by atomic mass is 10.2. The summed E-state index contributed by atoms with van der Waals surface area (Å²) in [7, 11) is 2.15. The molecule has 27 heavy (non-hydrogen) atoms. The van der Waals surface area contributed by atoms with Crippen LogP contribution in [0.4, 0.5) is 11.4 Å². The Morgan fingerprint density at radius 3 is 2.44 bits per heavy atom. The van der Waals surface area contributed by atoms with Gasteiger partial charge in [-0.3, -0.25) is 9.20 Å². The van der Waals surface area contributed by atoms with Crippen LogP contribution in [-0.2, 0) is 0 Å². The van der Waals surface area contributed by atoms with Crippen molar-refractivity contribution in [2.24, 2.45) is 0 Å². The van der Waals surface area contributed by atoms with Crippen LogP contribution in [0.5, 0.6) is 0 Å². The van der Waals surface area contributed by atoms with Crippen molar-refractivity contribution in [2.45, 2.75) is 13.8 Å². The molecule has 1 amide bonds. The number of likely N-dealkylation sites (N-methyl/N-ethyl adjacent to an activating group) is 1. The fraction of sp³-hybridized carbons (Fsp3) is 0.333. The Kier molecular flexibility index (Phi) is 4.58. The Morgan fingerprint density at radius 1 is 1.04 bits per heavy atom. The molecule has 0 saturated carbocycles. The molecule has 6 nitrogen and oxygen atoms in total. The molecule has 0 aliphatic carbocycles. The summed E-state index contributed by atoms with van der Waals surface area (Å²) >= 11 is 0. The van der Waals surface area contributed by atoms with E-state index in [9.17, 15) is 4.79 Å². The number of nitrogens with one attached hydrogen (secondary N) is 1. The van der Waals surface area contributed by atoms with E-state index in [2.05, 4.69) is 39.3 Å². The number of fused-ring (bicyclic) bond motifs is 1. The highest BCUT2D eigenvalue weighted by Crippen LogP contribution is 2.21. The molecule has 0 bridgehead atoms. The molecule has 0 spiro atoms. The van der Waals surface area contributed by atoms with Gasteiger partial charge in [0.25, 0.3) is 5.91 Å². The maximum atomic E-state index is 12.9. The summed E-state index contributed by atoms with van der Waals surface area (Å²) in [5.41, 5.74) is 5.18. The molecule has 3 aromatic rings. The summed E-state index contributed by atoms with van der Waals surface area (Å²) in [4.78, 5) is 22.1. The van der Waals surface area contributed by atoms with Gasteiger partial charge in [-0.15, -0.1) is 0 Å². The van der Waals surface area contributed by atoms with E-state index in [1.54, 1.807) is 0 Å². The lowest BCUT2D eigenvalue weighted by Crippen LogP contribution is -2.44. The van der Waals surface area contributed by atoms with Crippen LogP contribution in [0.25, 0.3) is 5.65 Å². The average Bonchev–Trinajstić information content (AvgIpc) is 3.00. The van der Waals surface area contributed by atoms with Gasteiger partial charge in [0.05, 0.1) is 5.69 Å². The third-order valence-corrected chi connectivity index (χ3v) is 5.23. The SMILES string of the molecule is Cc1nc2c(C)cccn2c1C(=O)Nc1ccc(N2CCN(C)CC2)cc1. The van der Waals surface area contributed by atoms with E-state index < -0.39 is 0 Å². The molecule has 3 heterocycles. The summed E-state index contributed by atoms with van der Waals surface area (Å²) < 4.78 is 1.86. The first-order valence-corrected chi connectivity index (χ1v) is 9.32. The third kappa shape index (κ3) is 3.40. The Morgan fingerprint density at radius 2 is 1.74 bits per heavy atom. The fourth-order valence-corrected chi connectivity index (χ4v) is 3.60. The standard InChI is InChI=1S/C21H25N5O/c1-15-5-4-10-26-19(16(2)22-20(15)26)21(27)23-17-6-8-18(9-7-17)25-13-11-24(3)12-14-25/h4-10H,11-14H2,1-3H3,(H,23,27). The number of amides is 1. The van der Waals surface area contributed by atoms with Gasteiger partial charge in [0.2, 0.25) is 0 Å². The van der Waals surface area contributed by atoms with Crippen LogP contribution in [-0.4, -0.2) is 53.4 Å². The van der Waals surface area contributed by atoms with Crippen LogP contribution in [0.1, 0.15) is 21.7 Å². The lowest BCUT2D eigenvalue weighted by molar-refractivity contribution is 0.102. The smallest absolute Gasteiger partial charge is 0.274 e. The molecule has 0 atom stereocenters. The summed E-state index contributed by atoms with van der Waals surface area (Å²) in [5.74, 6) is -0.141. The van der Waals surface area contributed by atoms with Crippen molar-refractivity contribution in [1.82, 2.24) is 14.3 Å². The molecule has 1 aromatic carbocycles. The molecular formula is C21H25N5O. The Hall–Kier alpha value is -2.86. The summed E-state index contributed by atoms with van der Waals surface area (Å²) in [6, 6.07) is 12.0. The van der Waals surface area contributed by atoms with Crippen LogP contribution >= 0.6 is 0 Å². The first-order valence-electron chi connectivity index (χ1n) is 9.32. The molecular weight excluding hydrogens is 338 g/mol. The lowest BCUT2D eigenvalue weighted by Gasteiger charge is -2.34.